The maximum Gasteiger partial charge on any atom is 0.127 e. The van der Waals surface area contributed by atoms with Gasteiger partial charge in [-0.15, -0.1) is 0 Å². The van der Waals surface area contributed by atoms with Crippen LogP contribution in [0.4, 0.5) is 0 Å². The molecule has 0 saturated heterocycles. The molecule has 3 nitrogen and oxygen atoms in total. The molecule has 0 fully saturated rings. The number of rotatable bonds is 8. The second-order valence-electron chi connectivity index (χ2n) is 6.00. The van der Waals surface area contributed by atoms with Gasteiger partial charge < -0.3 is 4.84 Å². The molecule has 0 spiro atoms. The third-order valence-corrected chi connectivity index (χ3v) is 4.24. The summed E-state index contributed by atoms with van der Waals surface area (Å²) >= 11 is 0. The first-order valence-corrected chi connectivity index (χ1v) is 8.69. The Labute approximate surface area is 138 Å². The van der Waals surface area contributed by atoms with Crippen LogP contribution in [0.15, 0.2) is 48.5 Å². The van der Waals surface area contributed by atoms with Gasteiger partial charge in [0, 0.05) is 17.3 Å². The highest BCUT2D eigenvalue weighted by Crippen LogP contribution is 2.27. The van der Waals surface area contributed by atoms with Gasteiger partial charge in [-0.2, -0.15) is 4.73 Å². The van der Waals surface area contributed by atoms with Crippen LogP contribution >= 0.6 is 0 Å². The Balaban J connectivity index is 1.81. The number of benzene rings is 2. The molecule has 122 valence electrons. The van der Waals surface area contributed by atoms with Crippen molar-refractivity contribution in [3.05, 3.63) is 48.5 Å². The molecule has 3 aromatic rings. The molecular formula is C20H26N2O. The lowest BCUT2D eigenvalue weighted by molar-refractivity contribution is 0.101. The van der Waals surface area contributed by atoms with Gasteiger partial charge in [0.15, 0.2) is 0 Å². The van der Waals surface area contributed by atoms with E-state index in [4.69, 9.17) is 4.84 Å². The second kappa shape index (κ2) is 7.51. The molecule has 0 aliphatic rings. The number of hydrogen-bond donors (Lipinski definition) is 0. The Kier molecular flexibility index (Phi) is 5.19. The van der Waals surface area contributed by atoms with E-state index in [-0.39, 0.29) is 0 Å². The Hall–Kier alpha value is -2.00. The van der Waals surface area contributed by atoms with Crippen LogP contribution in [-0.2, 0) is 0 Å². The average Bonchev–Trinajstić information content (AvgIpc) is 2.90. The first-order valence-electron chi connectivity index (χ1n) is 8.69. The third kappa shape index (κ3) is 3.35. The molecule has 0 aliphatic carbocycles. The molecule has 0 bridgehead atoms. The van der Waals surface area contributed by atoms with E-state index in [0.29, 0.717) is 6.61 Å². The van der Waals surface area contributed by atoms with Crippen LogP contribution in [-0.4, -0.2) is 35.9 Å². The summed E-state index contributed by atoms with van der Waals surface area (Å²) in [5.74, 6) is 0. The standard InChI is InChI=1S/C20H26N2O/c1-3-13-21(14-4-2)15-16-23-22-19-11-7-5-9-17(19)18-10-6-8-12-20(18)22/h5-12H,3-4,13-16H2,1-2H3. The number of nitrogens with zero attached hydrogens (tertiary/aromatic N) is 2. The minimum atomic E-state index is 0.711. The average molecular weight is 310 g/mol. The highest BCUT2D eigenvalue weighted by molar-refractivity contribution is 6.07. The minimum Gasteiger partial charge on any atom is -0.412 e. The van der Waals surface area contributed by atoms with Crippen molar-refractivity contribution >= 4 is 21.8 Å². The topological polar surface area (TPSA) is 17.4 Å². The molecule has 23 heavy (non-hydrogen) atoms. The van der Waals surface area contributed by atoms with Gasteiger partial charge in [-0.1, -0.05) is 50.2 Å². The lowest BCUT2D eigenvalue weighted by atomic mass is 10.2. The van der Waals surface area contributed by atoms with E-state index in [1.807, 2.05) is 4.73 Å². The van der Waals surface area contributed by atoms with Crippen molar-refractivity contribution in [3.8, 4) is 0 Å². The lowest BCUT2D eigenvalue weighted by Crippen LogP contribution is -2.31. The molecule has 1 heterocycles. The molecule has 0 N–H and O–H groups in total. The molecule has 3 rings (SSSR count). The van der Waals surface area contributed by atoms with Crippen molar-refractivity contribution in [1.29, 1.82) is 0 Å². The number of hydrogen-bond acceptors (Lipinski definition) is 2. The van der Waals surface area contributed by atoms with Crippen molar-refractivity contribution in [2.24, 2.45) is 0 Å². The van der Waals surface area contributed by atoms with E-state index in [9.17, 15) is 0 Å². The molecule has 0 saturated carbocycles. The third-order valence-electron chi connectivity index (χ3n) is 4.24. The highest BCUT2D eigenvalue weighted by atomic mass is 16.7. The molecule has 0 atom stereocenters. The van der Waals surface area contributed by atoms with E-state index in [1.165, 1.54) is 23.6 Å². The first-order chi connectivity index (χ1) is 11.3. The Morgan fingerprint density at radius 1 is 0.783 bits per heavy atom. The SMILES string of the molecule is CCCN(CCC)CCOn1c2ccccc2c2ccccc21. The monoisotopic (exact) mass is 310 g/mol. The van der Waals surface area contributed by atoms with Gasteiger partial charge in [-0.25, -0.2) is 0 Å². The van der Waals surface area contributed by atoms with Crippen molar-refractivity contribution < 1.29 is 4.84 Å². The summed E-state index contributed by atoms with van der Waals surface area (Å²) in [5.41, 5.74) is 2.29. The van der Waals surface area contributed by atoms with Gasteiger partial charge in [-0.05, 0) is 38.1 Å². The fourth-order valence-electron chi connectivity index (χ4n) is 3.25. The molecule has 0 amide bonds. The quantitative estimate of drug-likeness (QED) is 0.615. The van der Waals surface area contributed by atoms with Gasteiger partial charge in [0.1, 0.15) is 6.61 Å². The molecule has 0 aliphatic heterocycles. The minimum absolute atomic E-state index is 0.711. The van der Waals surface area contributed by atoms with Gasteiger partial charge in [-0.3, -0.25) is 4.90 Å². The maximum absolute atomic E-state index is 6.17. The van der Waals surface area contributed by atoms with E-state index >= 15 is 0 Å². The molecule has 3 heteroatoms. The molecule has 0 unspecified atom stereocenters. The summed E-state index contributed by atoms with van der Waals surface area (Å²) in [4.78, 5) is 8.65. The smallest absolute Gasteiger partial charge is 0.127 e. The second-order valence-corrected chi connectivity index (χ2v) is 6.00. The Bertz CT molecular complexity index is 703. The van der Waals surface area contributed by atoms with Crippen LogP contribution in [0.1, 0.15) is 26.7 Å². The Morgan fingerprint density at radius 3 is 1.83 bits per heavy atom. The van der Waals surface area contributed by atoms with Gasteiger partial charge in [0.25, 0.3) is 0 Å². The van der Waals surface area contributed by atoms with Crippen molar-refractivity contribution in [1.82, 2.24) is 9.63 Å². The molecule has 0 radical (unpaired) electrons. The fraction of sp³-hybridized carbons (Fsp3) is 0.400. The number of aromatic nitrogens is 1. The summed E-state index contributed by atoms with van der Waals surface area (Å²) < 4.78 is 2.00. The van der Waals surface area contributed by atoms with Crippen LogP contribution in [0.25, 0.3) is 21.8 Å². The van der Waals surface area contributed by atoms with Crippen LogP contribution in [0.2, 0.25) is 0 Å². The predicted octanol–water partition coefficient (Wildman–Crippen LogP) is 4.35. The largest absolute Gasteiger partial charge is 0.412 e. The van der Waals surface area contributed by atoms with E-state index < -0.39 is 0 Å². The maximum atomic E-state index is 6.17. The summed E-state index contributed by atoms with van der Waals surface area (Å²) in [6.07, 6.45) is 2.38. The highest BCUT2D eigenvalue weighted by Gasteiger charge is 2.11. The van der Waals surface area contributed by atoms with Crippen molar-refractivity contribution in [3.63, 3.8) is 0 Å². The van der Waals surface area contributed by atoms with Crippen molar-refractivity contribution in [2.75, 3.05) is 26.2 Å². The first kappa shape index (κ1) is 15.9. The number of para-hydroxylation sites is 2. The van der Waals surface area contributed by atoms with Crippen LogP contribution in [0, 0.1) is 0 Å². The van der Waals surface area contributed by atoms with Gasteiger partial charge >= 0.3 is 0 Å². The lowest BCUT2D eigenvalue weighted by Gasteiger charge is -2.21. The van der Waals surface area contributed by atoms with E-state index in [1.54, 1.807) is 0 Å². The zero-order valence-corrected chi connectivity index (χ0v) is 14.2. The molecular weight excluding hydrogens is 284 g/mol. The summed E-state index contributed by atoms with van der Waals surface area (Å²) in [6.45, 7) is 8.44. The molecule has 1 aromatic heterocycles. The summed E-state index contributed by atoms with van der Waals surface area (Å²) in [7, 11) is 0. The summed E-state index contributed by atoms with van der Waals surface area (Å²) in [6, 6.07) is 16.9. The van der Waals surface area contributed by atoms with Gasteiger partial charge in [0.05, 0.1) is 11.0 Å². The van der Waals surface area contributed by atoms with Crippen LogP contribution < -0.4 is 4.84 Å². The molecule has 2 aromatic carbocycles. The van der Waals surface area contributed by atoms with Crippen molar-refractivity contribution in [2.45, 2.75) is 26.7 Å². The normalized spacial score (nSPS) is 11.6. The van der Waals surface area contributed by atoms with Crippen LogP contribution in [0.3, 0.4) is 0 Å². The zero-order chi connectivity index (χ0) is 16.1. The predicted molar refractivity (Wildman–Crippen MR) is 97.9 cm³/mol. The van der Waals surface area contributed by atoms with E-state index in [2.05, 4.69) is 67.3 Å². The number of fused-ring (bicyclic) bond motifs is 3. The zero-order valence-electron chi connectivity index (χ0n) is 14.2. The Morgan fingerprint density at radius 2 is 1.30 bits per heavy atom. The van der Waals surface area contributed by atoms with Crippen LogP contribution in [0.5, 0.6) is 0 Å². The van der Waals surface area contributed by atoms with E-state index in [0.717, 1.165) is 30.7 Å². The fourth-order valence-corrected chi connectivity index (χ4v) is 3.25. The summed E-state index contributed by atoms with van der Waals surface area (Å²) in [5, 5.41) is 2.50. The van der Waals surface area contributed by atoms with Gasteiger partial charge in [0.2, 0.25) is 0 Å².